The second-order valence-electron chi connectivity index (χ2n) is 11.7. The normalized spacial score (nSPS) is 16.5. The molecule has 8 aromatic carbocycles. The summed E-state index contributed by atoms with van der Waals surface area (Å²) in [4.78, 5) is 9.98. The molecule has 4 nitrogen and oxygen atoms in total. The highest BCUT2D eigenvalue weighted by Crippen LogP contribution is 2.45. The highest BCUT2D eigenvalue weighted by Gasteiger charge is 2.23. The standard InChI is InChI=1S/C46H27N3O/c1-2-14-30(15-3-1)44-33-18-8-10-20-36(33)47-46(48-44)35-24-27-39(45-41(35)34-19-9-11-21-40(34)50-45)49-37-25-22-28-12-4-6-16-31(28)42(37)43-32-17-7-5-13-29(32)23-26-38(43)49/h1-27H/i4D,5D,6D,7D,9D,11D,12D,13D,16D,17D,19D,21D,22D,23D,25D,26D. The smallest absolute Gasteiger partial charge is 0.161 e. The molecule has 50 heavy (non-hydrogen) atoms. The molecule has 0 aliphatic heterocycles. The molecule has 0 saturated carbocycles. The third kappa shape index (κ3) is 3.81. The summed E-state index contributed by atoms with van der Waals surface area (Å²) in [6, 6.07) is 9.81. The first kappa shape index (κ1) is 16.1. The van der Waals surface area contributed by atoms with Crippen LogP contribution in [0.4, 0.5) is 0 Å². The molecule has 0 fully saturated rings. The number of furan rings is 1. The van der Waals surface area contributed by atoms with Gasteiger partial charge in [0.25, 0.3) is 0 Å². The van der Waals surface area contributed by atoms with E-state index in [1.807, 2.05) is 48.5 Å². The van der Waals surface area contributed by atoms with E-state index in [1.165, 1.54) is 10.6 Å². The number of benzene rings is 8. The van der Waals surface area contributed by atoms with Crippen molar-refractivity contribution >= 4 is 76.2 Å². The molecule has 3 aromatic heterocycles. The van der Waals surface area contributed by atoms with Gasteiger partial charge in [-0.1, -0.05) is 127 Å². The van der Waals surface area contributed by atoms with Crippen molar-refractivity contribution in [3.05, 3.63) is 163 Å². The maximum Gasteiger partial charge on any atom is 0.161 e. The Hall–Kier alpha value is -6.78. The van der Waals surface area contributed by atoms with E-state index in [0.717, 1.165) is 10.9 Å². The molecular weight excluding hydrogens is 611 g/mol. The number of para-hydroxylation sites is 2. The van der Waals surface area contributed by atoms with E-state index in [0.29, 0.717) is 11.2 Å². The van der Waals surface area contributed by atoms with Gasteiger partial charge in [0.2, 0.25) is 0 Å². The lowest BCUT2D eigenvalue weighted by molar-refractivity contribution is 0.666. The monoisotopic (exact) mass is 653 g/mol. The van der Waals surface area contributed by atoms with E-state index in [2.05, 4.69) is 0 Å². The number of hydrogen-bond acceptors (Lipinski definition) is 3. The highest BCUT2D eigenvalue weighted by atomic mass is 16.3. The predicted molar refractivity (Wildman–Crippen MR) is 207 cm³/mol. The van der Waals surface area contributed by atoms with Gasteiger partial charge in [-0.3, -0.25) is 0 Å². The molecule has 0 amide bonds. The van der Waals surface area contributed by atoms with Gasteiger partial charge in [0.15, 0.2) is 11.4 Å². The molecule has 0 aliphatic carbocycles. The first-order valence-corrected chi connectivity index (χ1v) is 15.6. The maximum atomic E-state index is 9.61. The van der Waals surface area contributed by atoms with Crippen LogP contribution in [0.3, 0.4) is 0 Å². The van der Waals surface area contributed by atoms with Gasteiger partial charge >= 0.3 is 0 Å². The third-order valence-corrected chi connectivity index (χ3v) is 9.03. The van der Waals surface area contributed by atoms with E-state index in [4.69, 9.17) is 26.7 Å². The third-order valence-electron chi connectivity index (χ3n) is 9.03. The molecule has 0 spiro atoms. The number of hydrogen-bond donors (Lipinski definition) is 0. The first-order valence-electron chi connectivity index (χ1n) is 23.6. The SMILES string of the molecule is [2H]c1c([2H])c([2H])c2c(oc3c(-n4c5c([2H])c([2H])c6c([2H])c([2H])c([2H])c([2H])c6c5c5c6c([2H])c([2H])c([2H])c([2H])c6c([2H])c([2H])c54)ccc(-c4nc(-c5ccccc5)c5ccccc5n4)c32)c1[2H]. The number of rotatable bonds is 3. The van der Waals surface area contributed by atoms with Crippen molar-refractivity contribution in [2.45, 2.75) is 0 Å². The minimum absolute atomic E-state index is 0.0490. The Morgan fingerprint density at radius 1 is 0.520 bits per heavy atom. The van der Waals surface area contributed by atoms with Gasteiger partial charge in [0.1, 0.15) is 5.58 Å². The summed E-state index contributed by atoms with van der Waals surface area (Å²) in [6.07, 6.45) is 0. The molecule has 0 N–H and O–H groups in total. The highest BCUT2D eigenvalue weighted by molar-refractivity contribution is 6.29. The number of nitrogens with zero attached hydrogens (tertiary/aromatic N) is 3. The lowest BCUT2D eigenvalue weighted by Gasteiger charge is -2.13. The Morgan fingerprint density at radius 2 is 1.16 bits per heavy atom. The van der Waals surface area contributed by atoms with Gasteiger partial charge in [-0.25, -0.2) is 9.97 Å². The minimum Gasteiger partial charge on any atom is -0.454 e. The lowest BCUT2D eigenvalue weighted by atomic mass is 10.00. The predicted octanol–water partition coefficient (Wildman–Crippen LogP) is 12.3. The Balaban J connectivity index is 1.42. The van der Waals surface area contributed by atoms with Crippen molar-refractivity contribution in [3.63, 3.8) is 0 Å². The summed E-state index contributed by atoms with van der Waals surface area (Å²) in [5, 5.41) is -0.859. The van der Waals surface area contributed by atoms with Gasteiger partial charge in [0, 0.05) is 38.1 Å². The van der Waals surface area contributed by atoms with Crippen molar-refractivity contribution in [2.75, 3.05) is 0 Å². The van der Waals surface area contributed by atoms with Crippen LogP contribution in [-0.2, 0) is 0 Å². The summed E-state index contributed by atoms with van der Waals surface area (Å²) < 4.78 is 152. The number of aromatic nitrogens is 3. The van der Waals surface area contributed by atoms with Crippen LogP contribution in [-0.4, -0.2) is 14.5 Å². The summed E-state index contributed by atoms with van der Waals surface area (Å²) in [5.74, 6) is 0.134. The summed E-state index contributed by atoms with van der Waals surface area (Å²) in [6.45, 7) is 0. The second-order valence-corrected chi connectivity index (χ2v) is 11.7. The van der Waals surface area contributed by atoms with Crippen LogP contribution in [0.5, 0.6) is 0 Å². The van der Waals surface area contributed by atoms with Gasteiger partial charge in [0.05, 0.1) is 49.9 Å². The molecule has 11 rings (SSSR count). The molecule has 0 radical (unpaired) electrons. The zero-order chi connectivity index (χ0) is 46.7. The average molecular weight is 654 g/mol. The zero-order valence-electron chi connectivity index (χ0n) is 41.6. The molecule has 232 valence electrons. The van der Waals surface area contributed by atoms with Crippen LogP contribution in [0.2, 0.25) is 0 Å². The Morgan fingerprint density at radius 3 is 1.90 bits per heavy atom. The fraction of sp³-hybridized carbons (Fsp3) is 0. The fourth-order valence-corrected chi connectivity index (χ4v) is 6.92. The summed E-state index contributed by atoms with van der Waals surface area (Å²) >= 11 is 0. The van der Waals surface area contributed by atoms with Crippen LogP contribution < -0.4 is 0 Å². The Kier molecular flexibility index (Phi) is 3.33. The quantitative estimate of drug-likeness (QED) is 0.191. The molecule has 3 heterocycles. The molecule has 0 aliphatic rings. The maximum absolute atomic E-state index is 9.61. The molecule has 0 unspecified atom stereocenters. The van der Waals surface area contributed by atoms with Crippen molar-refractivity contribution in [1.29, 1.82) is 0 Å². The molecule has 0 atom stereocenters. The molecule has 11 aromatic rings. The van der Waals surface area contributed by atoms with Crippen molar-refractivity contribution in [2.24, 2.45) is 0 Å². The average Bonchev–Trinajstić information content (AvgIpc) is 3.90. The van der Waals surface area contributed by atoms with Gasteiger partial charge in [-0.05, 0) is 57.9 Å². The van der Waals surface area contributed by atoms with E-state index in [-0.39, 0.29) is 82.4 Å². The largest absolute Gasteiger partial charge is 0.454 e. The number of fused-ring (bicyclic) bond motifs is 11. The van der Waals surface area contributed by atoms with E-state index >= 15 is 0 Å². The second kappa shape index (κ2) is 10.4. The Labute approximate surface area is 309 Å². The molecular formula is C46H27N3O. The van der Waals surface area contributed by atoms with Crippen molar-refractivity contribution in [3.8, 4) is 28.3 Å². The van der Waals surface area contributed by atoms with Gasteiger partial charge in [-0.2, -0.15) is 0 Å². The van der Waals surface area contributed by atoms with Crippen LogP contribution in [0.25, 0.3) is 105 Å². The molecule has 0 saturated heterocycles. The summed E-state index contributed by atoms with van der Waals surface area (Å²) in [5.41, 5.74) is 1.15. The van der Waals surface area contributed by atoms with Crippen LogP contribution >= 0.6 is 0 Å². The van der Waals surface area contributed by atoms with E-state index < -0.39 is 96.7 Å². The van der Waals surface area contributed by atoms with Crippen LogP contribution in [0.15, 0.2) is 168 Å². The van der Waals surface area contributed by atoms with Gasteiger partial charge in [-0.15, -0.1) is 0 Å². The zero-order valence-corrected chi connectivity index (χ0v) is 25.6. The van der Waals surface area contributed by atoms with E-state index in [9.17, 15) is 9.60 Å². The molecule has 0 bridgehead atoms. The lowest BCUT2D eigenvalue weighted by Crippen LogP contribution is -1.98. The fourth-order valence-electron chi connectivity index (χ4n) is 6.92. The molecule has 4 heteroatoms. The summed E-state index contributed by atoms with van der Waals surface area (Å²) in [7, 11) is 0. The topological polar surface area (TPSA) is 43.9 Å². The van der Waals surface area contributed by atoms with Crippen LogP contribution in [0.1, 0.15) is 21.9 Å². The first-order chi connectivity index (χ1) is 31.5. The van der Waals surface area contributed by atoms with Gasteiger partial charge < -0.3 is 8.98 Å². The Bertz CT molecular complexity index is 3950. The van der Waals surface area contributed by atoms with Crippen molar-refractivity contribution in [1.82, 2.24) is 14.5 Å². The van der Waals surface area contributed by atoms with Crippen LogP contribution in [0, 0.1) is 0 Å². The van der Waals surface area contributed by atoms with E-state index in [1.54, 1.807) is 12.1 Å². The van der Waals surface area contributed by atoms with Crippen molar-refractivity contribution < 1.29 is 26.3 Å². The minimum atomic E-state index is -0.695.